The molecule has 8 heteroatoms. The first-order valence-electron chi connectivity index (χ1n) is 8.71. The lowest BCUT2D eigenvalue weighted by Crippen LogP contribution is -2.26. The molecule has 0 bridgehead atoms. The summed E-state index contributed by atoms with van der Waals surface area (Å²) in [5.41, 5.74) is 4.71. The number of hydrogen-bond donors (Lipinski definition) is 1. The predicted octanol–water partition coefficient (Wildman–Crippen LogP) is 5.51. The zero-order valence-corrected chi connectivity index (χ0v) is 21.2. The molecule has 0 aromatic heterocycles. The standard InChI is InChI=1S/C20H20I2N2O2S2/c1-20(27-7-8-28-20)11-18(25)24-23-12-15-9-16(21)19(17(22)10-15)26-13-14-5-3-2-4-6-14/h2-6,9-10,12H,7-8,11,13H2,1H3,(H,24,25)/b23-12-. The van der Waals surface area contributed by atoms with Crippen molar-refractivity contribution in [2.24, 2.45) is 5.10 Å². The van der Waals surface area contributed by atoms with Gasteiger partial charge in [-0.15, -0.1) is 23.5 Å². The van der Waals surface area contributed by atoms with Gasteiger partial charge in [-0.05, 0) is 75.4 Å². The van der Waals surface area contributed by atoms with Crippen LogP contribution in [0.5, 0.6) is 5.75 Å². The first-order chi connectivity index (χ1) is 13.5. The molecule has 28 heavy (non-hydrogen) atoms. The Labute approximate surface area is 201 Å². The first-order valence-corrected chi connectivity index (χ1v) is 12.8. The van der Waals surface area contributed by atoms with E-state index in [9.17, 15) is 4.79 Å². The van der Waals surface area contributed by atoms with E-state index in [-0.39, 0.29) is 9.99 Å². The van der Waals surface area contributed by atoms with Gasteiger partial charge in [0.1, 0.15) is 12.4 Å². The van der Waals surface area contributed by atoms with E-state index in [1.54, 1.807) is 6.21 Å². The van der Waals surface area contributed by atoms with E-state index in [2.05, 4.69) is 62.6 Å². The van der Waals surface area contributed by atoms with E-state index in [0.29, 0.717) is 13.0 Å². The Morgan fingerprint density at radius 2 is 1.86 bits per heavy atom. The van der Waals surface area contributed by atoms with Gasteiger partial charge in [-0.25, -0.2) is 5.43 Å². The molecule has 1 aliphatic rings. The zero-order valence-electron chi connectivity index (χ0n) is 15.3. The molecule has 0 spiro atoms. The van der Waals surface area contributed by atoms with Crippen molar-refractivity contribution >= 4 is 80.8 Å². The second-order valence-electron chi connectivity index (χ2n) is 6.39. The van der Waals surface area contributed by atoms with Crippen molar-refractivity contribution in [3.63, 3.8) is 0 Å². The number of halogens is 2. The molecule has 148 valence electrons. The van der Waals surface area contributed by atoms with E-state index in [1.807, 2.05) is 66.0 Å². The van der Waals surface area contributed by atoms with Crippen LogP contribution in [0.2, 0.25) is 0 Å². The number of thioether (sulfide) groups is 2. The van der Waals surface area contributed by atoms with Gasteiger partial charge < -0.3 is 4.74 Å². The first kappa shape index (κ1) is 22.2. The van der Waals surface area contributed by atoms with Gasteiger partial charge in [0, 0.05) is 11.5 Å². The number of hydrogen-bond acceptors (Lipinski definition) is 5. The molecule has 0 radical (unpaired) electrons. The van der Waals surface area contributed by atoms with Crippen LogP contribution in [0.15, 0.2) is 47.6 Å². The third-order valence-corrected chi connectivity index (χ3v) is 8.92. The number of ether oxygens (including phenoxy) is 1. The zero-order chi connectivity index (χ0) is 20.0. The van der Waals surface area contributed by atoms with Crippen molar-refractivity contribution in [2.75, 3.05) is 11.5 Å². The molecule has 2 aromatic rings. The lowest BCUT2D eigenvalue weighted by molar-refractivity contribution is -0.121. The quantitative estimate of drug-likeness (QED) is 0.247. The Balaban J connectivity index is 1.57. The van der Waals surface area contributed by atoms with Crippen LogP contribution in [-0.2, 0) is 11.4 Å². The third-order valence-electron chi connectivity index (χ3n) is 4.03. The summed E-state index contributed by atoms with van der Waals surface area (Å²) in [6.45, 7) is 2.66. The average Bonchev–Trinajstić information content (AvgIpc) is 3.08. The smallest absolute Gasteiger partial charge is 0.242 e. The molecule has 1 N–H and O–H groups in total. The number of carbonyl (C=O) groups is 1. The number of nitrogens with one attached hydrogen (secondary N) is 1. The largest absolute Gasteiger partial charge is 0.487 e. The Morgan fingerprint density at radius 3 is 2.50 bits per heavy atom. The predicted molar refractivity (Wildman–Crippen MR) is 136 cm³/mol. The molecule has 1 heterocycles. The van der Waals surface area contributed by atoms with Crippen molar-refractivity contribution < 1.29 is 9.53 Å². The number of rotatable bonds is 7. The van der Waals surface area contributed by atoms with Crippen LogP contribution in [-0.4, -0.2) is 27.7 Å². The third kappa shape index (κ3) is 6.53. The van der Waals surface area contributed by atoms with E-state index < -0.39 is 0 Å². The summed E-state index contributed by atoms with van der Waals surface area (Å²) in [7, 11) is 0. The van der Waals surface area contributed by atoms with Gasteiger partial charge in [0.15, 0.2) is 0 Å². The van der Waals surface area contributed by atoms with Crippen LogP contribution in [0.4, 0.5) is 0 Å². The summed E-state index contributed by atoms with van der Waals surface area (Å²) in [5.74, 6) is 3.03. The lowest BCUT2D eigenvalue weighted by atomic mass is 10.2. The molecular formula is C20H20I2N2O2S2. The SMILES string of the molecule is CC1(CC(=O)N/N=C\c2cc(I)c(OCc3ccccc3)c(I)c2)SCCS1. The van der Waals surface area contributed by atoms with Gasteiger partial charge in [0.2, 0.25) is 5.91 Å². The van der Waals surface area contributed by atoms with Crippen LogP contribution in [0.3, 0.4) is 0 Å². The highest BCUT2D eigenvalue weighted by atomic mass is 127. The van der Waals surface area contributed by atoms with Crippen LogP contribution < -0.4 is 10.2 Å². The summed E-state index contributed by atoms with van der Waals surface area (Å²) >= 11 is 8.23. The average molecular weight is 638 g/mol. The van der Waals surface area contributed by atoms with Gasteiger partial charge in [0.25, 0.3) is 0 Å². The summed E-state index contributed by atoms with van der Waals surface area (Å²) in [6.07, 6.45) is 2.15. The van der Waals surface area contributed by atoms with Gasteiger partial charge >= 0.3 is 0 Å². The second kappa shape index (κ2) is 10.5. The van der Waals surface area contributed by atoms with E-state index in [4.69, 9.17) is 4.74 Å². The highest BCUT2D eigenvalue weighted by molar-refractivity contribution is 14.1. The Hall–Kier alpha value is -0.460. The molecule has 1 saturated heterocycles. The maximum atomic E-state index is 12.1. The molecule has 3 rings (SSSR count). The number of amides is 1. The molecule has 0 saturated carbocycles. The van der Waals surface area contributed by atoms with Crippen molar-refractivity contribution in [1.29, 1.82) is 0 Å². The Morgan fingerprint density at radius 1 is 1.21 bits per heavy atom. The molecule has 0 unspecified atom stereocenters. The van der Waals surface area contributed by atoms with Crippen LogP contribution in [0.25, 0.3) is 0 Å². The molecule has 1 fully saturated rings. The fourth-order valence-corrected chi connectivity index (χ4v) is 7.65. The summed E-state index contributed by atoms with van der Waals surface area (Å²) in [5, 5.41) is 4.13. The van der Waals surface area contributed by atoms with E-state index in [0.717, 1.165) is 35.5 Å². The highest BCUT2D eigenvalue weighted by Crippen LogP contribution is 2.45. The number of carbonyl (C=O) groups excluding carboxylic acids is 1. The normalized spacial score (nSPS) is 15.7. The number of benzene rings is 2. The maximum absolute atomic E-state index is 12.1. The molecular weight excluding hydrogens is 618 g/mol. The highest BCUT2D eigenvalue weighted by Gasteiger charge is 2.32. The van der Waals surface area contributed by atoms with Crippen molar-refractivity contribution in [3.8, 4) is 5.75 Å². The molecule has 0 atom stereocenters. The topological polar surface area (TPSA) is 50.7 Å². The summed E-state index contributed by atoms with van der Waals surface area (Å²) in [4.78, 5) is 12.1. The minimum absolute atomic E-state index is 0.0257. The Kier molecular flexibility index (Phi) is 8.36. The fourth-order valence-electron chi connectivity index (χ4n) is 2.69. The van der Waals surface area contributed by atoms with Crippen LogP contribution >= 0.6 is 68.7 Å². The molecule has 1 amide bonds. The number of nitrogens with zero attached hydrogens (tertiary/aromatic N) is 1. The minimum Gasteiger partial charge on any atom is -0.487 e. The minimum atomic E-state index is -0.0483. The summed E-state index contributed by atoms with van der Waals surface area (Å²) in [6, 6.07) is 14.1. The van der Waals surface area contributed by atoms with Gasteiger partial charge in [-0.3, -0.25) is 4.79 Å². The Bertz CT molecular complexity index is 834. The van der Waals surface area contributed by atoms with Crippen LogP contribution in [0, 0.1) is 7.14 Å². The van der Waals surface area contributed by atoms with Gasteiger partial charge in [0.05, 0.1) is 23.9 Å². The molecule has 4 nitrogen and oxygen atoms in total. The molecule has 0 aliphatic carbocycles. The fraction of sp³-hybridized carbons (Fsp3) is 0.300. The maximum Gasteiger partial charge on any atom is 0.242 e. The number of hydrazone groups is 1. The van der Waals surface area contributed by atoms with Crippen molar-refractivity contribution in [3.05, 3.63) is 60.7 Å². The van der Waals surface area contributed by atoms with E-state index >= 15 is 0 Å². The lowest BCUT2D eigenvalue weighted by Gasteiger charge is -2.19. The van der Waals surface area contributed by atoms with Crippen molar-refractivity contribution in [2.45, 2.75) is 24.0 Å². The molecule has 2 aromatic carbocycles. The van der Waals surface area contributed by atoms with Crippen molar-refractivity contribution in [1.82, 2.24) is 5.43 Å². The van der Waals surface area contributed by atoms with E-state index in [1.165, 1.54) is 0 Å². The van der Waals surface area contributed by atoms with Gasteiger partial charge in [-0.2, -0.15) is 5.10 Å². The molecule has 1 aliphatic heterocycles. The monoisotopic (exact) mass is 638 g/mol. The second-order valence-corrected chi connectivity index (χ2v) is 12.2. The summed E-state index contributed by atoms with van der Waals surface area (Å²) < 4.78 is 8.00. The van der Waals surface area contributed by atoms with Crippen LogP contribution in [0.1, 0.15) is 24.5 Å². The van der Waals surface area contributed by atoms with Gasteiger partial charge in [-0.1, -0.05) is 30.3 Å².